The first kappa shape index (κ1) is 36.2. The van der Waals surface area contributed by atoms with E-state index in [9.17, 15) is 13.2 Å². The van der Waals surface area contributed by atoms with E-state index in [1.165, 1.54) is 0 Å². The molecule has 6 aromatic rings. The molecule has 0 bridgehead atoms. The molecule has 11 nitrogen and oxygen atoms in total. The molecule has 0 saturated heterocycles. The quantitative estimate of drug-likeness (QED) is 0.103. The Labute approximate surface area is 279 Å². The summed E-state index contributed by atoms with van der Waals surface area (Å²) < 4.78 is 58.9. The van der Waals surface area contributed by atoms with Gasteiger partial charge in [0.25, 0.3) is 0 Å². The van der Waals surface area contributed by atoms with Crippen LogP contribution >= 0.6 is 0 Å². The van der Waals surface area contributed by atoms with Gasteiger partial charge in [0.05, 0.1) is 0 Å². The summed E-state index contributed by atoms with van der Waals surface area (Å²) >= 11 is 0. The van der Waals surface area contributed by atoms with Crippen molar-refractivity contribution in [2.45, 2.75) is 5.51 Å². The molecule has 0 atom stereocenters. The molecule has 47 heavy (non-hydrogen) atoms. The van der Waals surface area contributed by atoms with E-state index in [1.807, 2.05) is 119 Å². The standard InChI is InChI=1S/2C15H12N4.CHF3O3S.Cu/c2*1-4-10-16-13(7-1)19(14-8-2-5-11-17-14)15-9-3-6-12-18-15;2-1(3,4)8(5,6)7;/h2*1-12H;(H,5,6,7);/q;;;+1/p-1. The van der Waals surface area contributed by atoms with Crippen molar-refractivity contribution in [1.29, 1.82) is 0 Å². The normalized spacial score (nSPS) is 10.6. The van der Waals surface area contributed by atoms with Crippen molar-refractivity contribution in [3.63, 3.8) is 0 Å². The van der Waals surface area contributed by atoms with Gasteiger partial charge in [-0.15, -0.1) is 0 Å². The third-order valence-corrected chi connectivity index (χ3v) is 6.12. The molecule has 0 unspecified atom stereocenters. The maximum Gasteiger partial charge on any atom is 1.00 e. The zero-order valence-electron chi connectivity index (χ0n) is 24.0. The maximum atomic E-state index is 10.7. The number of nitrogens with zero attached hydrogens (tertiary/aromatic N) is 8. The zero-order valence-corrected chi connectivity index (χ0v) is 25.8. The third-order valence-electron chi connectivity index (χ3n) is 5.55. The molecule has 0 radical (unpaired) electrons. The number of pyridine rings is 6. The zero-order chi connectivity index (χ0) is 32.8. The third kappa shape index (κ3) is 10.6. The van der Waals surface area contributed by atoms with Crippen molar-refractivity contribution >= 4 is 45.0 Å². The molecule has 6 heterocycles. The van der Waals surface area contributed by atoms with Crippen molar-refractivity contribution in [2.24, 2.45) is 0 Å². The number of hydrogen-bond acceptors (Lipinski definition) is 11. The summed E-state index contributed by atoms with van der Waals surface area (Å²) in [7, 11) is -6.09. The molecule has 0 fully saturated rings. The summed E-state index contributed by atoms with van der Waals surface area (Å²) in [5.41, 5.74) is -5.65. The molecule has 0 N–H and O–H groups in total. The average Bonchev–Trinajstić information content (AvgIpc) is 3.08. The second-order valence-corrected chi connectivity index (χ2v) is 10.1. The molecular weight excluding hydrogens is 685 g/mol. The fraction of sp³-hybridized carbons (Fsp3) is 0.0323. The number of alkyl halides is 3. The first-order valence-corrected chi connectivity index (χ1v) is 14.6. The van der Waals surface area contributed by atoms with Gasteiger partial charge < -0.3 is 4.55 Å². The summed E-state index contributed by atoms with van der Waals surface area (Å²) in [6.07, 6.45) is 10.5. The van der Waals surface area contributed by atoms with Crippen molar-refractivity contribution in [2.75, 3.05) is 9.80 Å². The van der Waals surface area contributed by atoms with E-state index in [0.29, 0.717) is 0 Å². The molecule has 6 rings (SSSR count). The van der Waals surface area contributed by atoms with Crippen molar-refractivity contribution in [3.05, 3.63) is 146 Å². The van der Waals surface area contributed by atoms with E-state index < -0.39 is 15.6 Å². The van der Waals surface area contributed by atoms with Gasteiger partial charge in [-0.25, -0.2) is 38.3 Å². The minimum Gasteiger partial charge on any atom is -0.741 e. The van der Waals surface area contributed by atoms with E-state index in [4.69, 9.17) is 13.0 Å². The van der Waals surface area contributed by atoms with Crippen LogP contribution in [0.1, 0.15) is 0 Å². The van der Waals surface area contributed by atoms with Crippen LogP contribution in [-0.2, 0) is 27.2 Å². The molecule has 6 aromatic heterocycles. The van der Waals surface area contributed by atoms with E-state index in [2.05, 4.69) is 29.9 Å². The van der Waals surface area contributed by atoms with Gasteiger partial charge in [-0.05, 0) is 72.8 Å². The number of halogens is 3. The molecular formula is C31H24CuF3N8O3S. The van der Waals surface area contributed by atoms with Crippen LogP contribution in [0, 0.1) is 0 Å². The monoisotopic (exact) mass is 708 g/mol. The van der Waals surface area contributed by atoms with Gasteiger partial charge in [0.15, 0.2) is 10.1 Å². The van der Waals surface area contributed by atoms with Gasteiger partial charge in [0, 0.05) is 37.2 Å². The van der Waals surface area contributed by atoms with Crippen molar-refractivity contribution in [3.8, 4) is 0 Å². The summed E-state index contributed by atoms with van der Waals surface area (Å²) in [5, 5.41) is 0. The second-order valence-electron chi connectivity index (χ2n) is 8.70. The smallest absolute Gasteiger partial charge is 0.741 e. The van der Waals surface area contributed by atoms with Gasteiger partial charge in [0.1, 0.15) is 34.9 Å². The first-order valence-electron chi connectivity index (χ1n) is 13.2. The first-order chi connectivity index (χ1) is 22.1. The van der Waals surface area contributed by atoms with Crippen LogP contribution in [0.25, 0.3) is 0 Å². The predicted molar refractivity (Wildman–Crippen MR) is 165 cm³/mol. The Morgan fingerprint density at radius 3 is 0.723 bits per heavy atom. The summed E-state index contributed by atoms with van der Waals surface area (Å²) in [4.78, 5) is 30.1. The van der Waals surface area contributed by atoms with Crippen LogP contribution < -0.4 is 9.80 Å². The predicted octanol–water partition coefficient (Wildman–Crippen LogP) is 6.73. The van der Waals surface area contributed by atoms with Gasteiger partial charge in [-0.3, -0.25) is 9.80 Å². The molecule has 0 aliphatic rings. The number of rotatable bonds is 6. The Bertz CT molecular complexity index is 1550. The molecule has 0 aliphatic heterocycles. The fourth-order valence-corrected chi connectivity index (χ4v) is 3.62. The fourth-order valence-electron chi connectivity index (χ4n) is 3.62. The summed E-state index contributed by atoms with van der Waals surface area (Å²) in [6, 6.07) is 34.6. The number of anilines is 6. The molecule has 0 amide bonds. The molecule has 244 valence electrons. The van der Waals surface area contributed by atoms with Crippen LogP contribution in [0.3, 0.4) is 0 Å². The van der Waals surface area contributed by atoms with Crippen molar-refractivity contribution in [1.82, 2.24) is 29.9 Å². The minimum absolute atomic E-state index is 0. The average molecular weight is 709 g/mol. The molecule has 0 aromatic carbocycles. The van der Waals surface area contributed by atoms with Crippen LogP contribution in [0.4, 0.5) is 48.1 Å². The maximum absolute atomic E-state index is 10.7. The van der Waals surface area contributed by atoms with E-state index in [-0.39, 0.29) is 17.1 Å². The Kier molecular flexibility index (Phi) is 13.4. The summed E-state index contributed by atoms with van der Waals surface area (Å²) in [5.74, 6) is 4.75. The van der Waals surface area contributed by atoms with Gasteiger partial charge in [0.2, 0.25) is 0 Å². The van der Waals surface area contributed by atoms with Crippen LogP contribution in [0.2, 0.25) is 0 Å². The van der Waals surface area contributed by atoms with Crippen LogP contribution in [0.5, 0.6) is 0 Å². The van der Waals surface area contributed by atoms with Gasteiger partial charge >= 0.3 is 22.6 Å². The molecule has 0 aliphatic carbocycles. The largest absolute Gasteiger partial charge is 1.00 e. The molecule has 0 saturated carbocycles. The Hall–Kier alpha value is -5.28. The van der Waals surface area contributed by atoms with E-state index >= 15 is 0 Å². The van der Waals surface area contributed by atoms with E-state index in [1.54, 1.807) is 37.2 Å². The molecule has 0 spiro atoms. The van der Waals surface area contributed by atoms with E-state index in [0.717, 1.165) is 34.9 Å². The molecule has 16 heteroatoms. The minimum atomic E-state index is -6.09. The van der Waals surface area contributed by atoms with Gasteiger partial charge in [-0.2, -0.15) is 13.2 Å². The Morgan fingerprint density at radius 2 is 0.617 bits per heavy atom. The second kappa shape index (κ2) is 17.4. The Balaban J connectivity index is 0.000000206. The summed E-state index contributed by atoms with van der Waals surface area (Å²) in [6.45, 7) is 0. The number of aromatic nitrogens is 6. The van der Waals surface area contributed by atoms with Gasteiger partial charge in [-0.1, -0.05) is 36.4 Å². The van der Waals surface area contributed by atoms with Crippen LogP contribution in [-0.4, -0.2) is 48.4 Å². The SMILES string of the molecule is O=S(=O)([O-])C(F)(F)F.[Cu+].c1ccc(N(c2ccccn2)c2ccccn2)nc1.c1ccc(N(c2ccccn2)c2ccccn2)nc1. The van der Waals surface area contributed by atoms with Crippen molar-refractivity contribution < 1.29 is 43.2 Å². The van der Waals surface area contributed by atoms with Crippen LogP contribution in [0.15, 0.2) is 146 Å². The number of hydrogen-bond donors (Lipinski definition) is 0. The Morgan fingerprint density at radius 1 is 0.447 bits per heavy atom. The topological polar surface area (TPSA) is 141 Å².